The molecule has 3 heterocycles. The molecule has 1 fully saturated rings. The molecule has 0 saturated carbocycles. The van der Waals surface area contributed by atoms with E-state index in [-0.39, 0.29) is 12.1 Å². The lowest BCUT2D eigenvalue weighted by Gasteiger charge is -2.20. The number of nitrogens with zero attached hydrogens (tertiary/aromatic N) is 5. The lowest BCUT2D eigenvalue weighted by atomic mass is 10.2. The minimum atomic E-state index is -0.0859. The molecule has 86 valence electrons. The maximum absolute atomic E-state index is 11.7. The summed E-state index contributed by atoms with van der Waals surface area (Å²) in [7, 11) is 0. The van der Waals surface area contributed by atoms with E-state index in [1.807, 2.05) is 12.1 Å². The molecule has 1 atom stereocenters. The number of hydrogen-bond acceptors (Lipinski definition) is 4. The highest BCUT2D eigenvalue weighted by Gasteiger charge is 2.38. The van der Waals surface area contributed by atoms with Crippen LogP contribution in [0.1, 0.15) is 5.56 Å². The van der Waals surface area contributed by atoms with Crippen molar-refractivity contribution in [1.82, 2.24) is 19.0 Å². The van der Waals surface area contributed by atoms with Crippen LogP contribution in [0.5, 0.6) is 0 Å². The van der Waals surface area contributed by atoms with Crippen LogP contribution in [0.3, 0.4) is 0 Å². The molecule has 2 bridgehead atoms. The number of nitriles is 1. The fourth-order valence-electron chi connectivity index (χ4n) is 2.08. The molecule has 0 spiro atoms. The van der Waals surface area contributed by atoms with E-state index in [9.17, 15) is 4.79 Å². The zero-order chi connectivity index (χ0) is 12.0. The molecule has 1 saturated heterocycles. The summed E-state index contributed by atoms with van der Waals surface area (Å²) < 4.78 is 3.06. The normalized spacial score (nSPS) is 22.7. The van der Waals surface area contributed by atoms with Crippen molar-refractivity contribution in [2.24, 2.45) is 0 Å². The summed E-state index contributed by atoms with van der Waals surface area (Å²) in [6, 6.07) is 1.92. The van der Waals surface area contributed by atoms with Crippen molar-refractivity contribution in [3.63, 3.8) is 0 Å². The Labute approximate surface area is 103 Å². The number of aromatic nitrogens is 2. The van der Waals surface area contributed by atoms with Crippen molar-refractivity contribution < 1.29 is 4.79 Å². The highest BCUT2D eigenvalue weighted by molar-refractivity contribution is 7.78. The highest BCUT2D eigenvalue weighted by Crippen LogP contribution is 2.27. The van der Waals surface area contributed by atoms with Gasteiger partial charge >= 0.3 is 6.03 Å². The Kier molecular flexibility index (Phi) is 2.12. The van der Waals surface area contributed by atoms with Crippen LogP contribution in [0.15, 0.2) is 18.5 Å². The molecule has 0 radical (unpaired) electrons. The molecule has 7 heteroatoms. The van der Waals surface area contributed by atoms with Crippen molar-refractivity contribution in [1.29, 1.82) is 5.26 Å². The molecule has 2 aliphatic rings. The Morgan fingerprint density at radius 1 is 1.59 bits per heavy atom. The van der Waals surface area contributed by atoms with Crippen LogP contribution in [-0.4, -0.2) is 44.1 Å². The van der Waals surface area contributed by atoms with Crippen LogP contribution >= 0.6 is 12.8 Å². The zero-order valence-corrected chi connectivity index (χ0v) is 9.71. The average Bonchev–Trinajstić information content (AvgIpc) is 2.91. The van der Waals surface area contributed by atoms with Gasteiger partial charge in [0, 0.05) is 12.7 Å². The van der Waals surface area contributed by atoms with Gasteiger partial charge in [0.1, 0.15) is 6.07 Å². The van der Waals surface area contributed by atoms with Gasteiger partial charge < -0.3 is 4.90 Å². The summed E-state index contributed by atoms with van der Waals surface area (Å²) in [6.07, 6.45) is 5.13. The summed E-state index contributed by atoms with van der Waals surface area (Å²) in [5.41, 5.74) is 1.40. The smallest absolute Gasteiger partial charge is 0.316 e. The first-order valence-corrected chi connectivity index (χ1v) is 5.52. The second kappa shape index (κ2) is 3.53. The highest BCUT2D eigenvalue weighted by atomic mass is 32.1. The molecular formula is C10H9N5OS. The molecule has 2 amide bonds. The van der Waals surface area contributed by atoms with Crippen LogP contribution < -0.4 is 0 Å². The Morgan fingerprint density at radius 3 is 3.06 bits per heavy atom. The van der Waals surface area contributed by atoms with Gasteiger partial charge in [-0.1, -0.05) is 12.8 Å². The Morgan fingerprint density at radius 2 is 2.41 bits per heavy atom. The molecule has 17 heavy (non-hydrogen) atoms. The van der Waals surface area contributed by atoms with Gasteiger partial charge in [-0.3, -0.25) is 4.31 Å². The Bertz CT molecular complexity index is 557. The molecule has 3 rings (SSSR count). The van der Waals surface area contributed by atoms with E-state index < -0.39 is 0 Å². The lowest BCUT2D eigenvalue weighted by molar-refractivity contribution is 0.213. The Hall–Kier alpha value is -1.94. The first kappa shape index (κ1) is 10.2. The lowest BCUT2D eigenvalue weighted by Crippen LogP contribution is -2.31. The summed E-state index contributed by atoms with van der Waals surface area (Å²) in [6.45, 7) is 1.16. The SMILES string of the molecule is N#Cc1cnn(C2=CC3CN(C2)C(=O)N3S)c1. The zero-order valence-electron chi connectivity index (χ0n) is 8.82. The molecule has 0 aliphatic carbocycles. The van der Waals surface area contributed by atoms with Gasteiger partial charge in [0.15, 0.2) is 0 Å². The number of urea groups is 1. The van der Waals surface area contributed by atoms with E-state index in [1.54, 1.807) is 15.8 Å². The third-order valence-electron chi connectivity index (χ3n) is 2.93. The minimum Gasteiger partial charge on any atom is -0.316 e. The van der Waals surface area contributed by atoms with Gasteiger partial charge in [-0.2, -0.15) is 10.4 Å². The van der Waals surface area contributed by atoms with Crippen molar-refractivity contribution in [2.45, 2.75) is 6.04 Å². The van der Waals surface area contributed by atoms with E-state index in [4.69, 9.17) is 5.26 Å². The Balaban J connectivity index is 1.94. The first-order valence-electron chi connectivity index (χ1n) is 5.12. The van der Waals surface area contributed by atoms with E-state index in [1.165, 1.54) is 10.5 Å². The third kappa shape index (κ3) is 1.49. The third-order valence-corrected chi connectivity index (χ3v) is 3.40. The van der Waals surface area contributed by atoms with Crippen molar-refractivity contribution in [3.8, 4) is 6.07 Å². The van der Waals surface area contributed by atoms with Gasteiger partial charge in [0.05, 0.1) is 30.0 Å². The van der Waals surface area contributed by atoms with Crippen LogP contribution in [0, 0.1) is 11.3 Å². The van der Waals surface area contributed by atoms with Crippen molar-refractivity contribution in [3.05, 3.63) is 24.0 Å². The maximum atomic E-state index is 11.7. The number of carbonyl (C=O) groups is 1. The average molecular weight is 247 g/mol. The maximum Gasteiger partial charge on any atom is 0.330 e. The standard InChI is InChI=1S/C10H9N5OS/c11-2-7-3-12-14(4-7)8-1-9-6-13(5-8)10(16)15(9)17/h1,3-4,9,17H,5-6H2. The molecule has 0 N–H and O–H groups in total. The van der Waals surface area contributed by atoms with Gasteiger partial charge in [0.25, 0.3) is 0 Å². The summed E-state index contributed by atoms with van der Waals surface area (Å²) in [4.78, 5) is 13.4. The second-order valence-electron chi connectivity index (χ2n) is 4.02. The van der Waals surface area contributed by atoms with Crippen LogP contribution in [0.25, 0.3) is 5.70 Å². The molecule has 1 unspecified atom stereocenters. The fraction of sp³-hybridized carbons (Fsp3) is 0.300. The van der Waals surface area contributed by atoms with Gasteiger partial charge in [0.2, 0.25) is 0 Å². The van der Waals surface area contributed by atoms with E-state index in [0.29, 0.717) is 18.7 Å². The number of hydrogen-bond donors (Lipinski definition) is 1. The predicted molar refractivity (Wildman–Crippen MR) is 62.8 cm³/mol. The second-order valence-corrected chi connectivity index (χ2v) is 4.45. The fourth-order valence-corrected chi connectivity index (χ4v) is 2.35. The predicted octanol–water partition coefficient (Wildman–Crippen LogP) is 0.560. The first-order chi connectivity index (χ1) is 8.19. The minimum absolute atomic E-state index is 0.0238. The monoisotopic (exact) mass is 247 g/mol. The molecule has 2 aliphatic heterocycles. The van der Waals surface area contributed by atoms with Gasteiger partial charge in [-0.15, -0.1) is 0 Å². The number of thiol groups is 1. The number of amides is 2. The van der Waals surface area contributed by atoms with Crippen LogP contribution in [-0.2, 0) is 0 Å². The van der Waals surface area contributed by atoms with Gasteiger partial charge in [-0.25, -0.2) is 9.48 Å². The number of fused-ring (bicyclic) bond motifs is 2. The topological polar surface area (TPSA) is 65.2 Å². The van der Waals surface area contributed by atoms with E-state index in [2.05, 4.69) is 17.9 Å². The van der Waals surface area contributed by atoms with Crippen molar-refractivity contribution in [2.75, 3.05) is 13.1 Å². The summed E-state index contributed by atoms with van der Waals surface area (Å²) in [5, 5.41) is 12.8. The quantitative estimate of drug-likeness (QED) is 0.737. The molecular weight excluding hydrogens is 238 g/mol. The van der Waals surface area contributed by atoms with Crippen LogP contribution in [0.2, 0.25) is 0 Å². The van der Waals surface area contributed by atoms with Crippen molar-refractivity contribution >= 4 is 24.5 Å². The number of rotatable bonds is 1. The van der Waals surface area contributed by atoms with Crippen LogP contribution in [0.4, 0.5) is 4.79 Å². The van der Waals surface area contributed by atoms with E-state index in [0.717, 1.165) is 5.70 Å². The van der Waals surface area contributed by atoms with Gasteiger partial charge in [-0.05, 0) is 6.08 Å². The largest absolute Gasteiger partial charge is 0.330 e. The molecule has 1 aromatic rings. The summed E-state index contributed by atoms with van der Waals surface area (Å²) in [5.74, 6) is 0. The summed E-state index contributed by atoms with van der Waals surface area (Å²) >= 11 is 4.15. The molecule has 1 aromatic heterocycles. The van der Waals surface area contributed by atoms with E-state index >= 15 is 0 Å². The molecule has 6 nitrogen and oxygen atoms in total. The number of carbonyl (C=O) groups excluding carboxylic acids is 1. The molecule has 0 aromatic carbocycles.